The Morgan fingerprint density at radius 2 is 1.96 bits per heavy atom. The summed E-state index contributed by atoms with van der Waals surface area (Å²) < 4.78 is 19.3. The number of fused-ring (bicyclic) bond motifs is 3. The zero-order chi connectivity index (χ0) is 32.6. The van der Waals surface area contributed by atoms with Gasteiger partial charge in [-0.05, 0) is 86.4 Å². The number of ether oxygens (including phenoxy) is 2. The van der Waals surface area contributed by atoms with Gasteiger partial charge in [-0.1, -0.05) is 36.4 Å². The maximum atomic E-state index is 13.4. The van der Waals surface area contributed by atoms with Crippen LogP contribution in [0.5, 0.6) is 5.75 Å². The molecule has 46 heavy (non-hydrogen) atoms. The molecule has 240 valence electrons. The second-order valence-corrected chi connectivity index (χ2v) is 12.8. The summed E-state index contributed by atoms with van der Waals surface area (Å²) in [5, 5.41) is 19.8. The van der Waals surface area contributed by atoms with Crippen LogP contribution in [0.25, 0.3) is 11.0 Å². The van der Waals surface area contributed by atoms with Crippen molar-refractivity contribution in [2.45, 2.75) is 70.0 Å². The number of hydrogen-bond donors (Lipinski definition) is 3. The van der Waals surface area contributed by atoms with Crippen LogP contribution in [-0.4, -0.2) is 45.6 Å². The van der Waals surface area contributed by atoms with Gasteiger partial charge >= 0.3 is 11.6 Å². The van der Waals surface area contributed by atoms with Crippen LogP contribution in [0.2, 0.25) is 0 Å². The number of carbonyl (C=O) groups is 1. The molecule has 0 amide bonds. The third kappa shape index (κ3) is 5.48. The summed E-state index contributed by atoms with van der Waals surface area (Å²) in [5.41, 5.74) is 8.53. The van der Waals surface area contributed by atoms with E-state index in [9.17, 15) is 19.8 Å². The third-order valence-corrected chi connectivity index (χ3v) is 9.74. The summed E-state index contributed by atoms with van der Waals surface area (Å²) in [6.45, 7) is 5.41. The van der Waals surface area contributed by atoms with Crippen molar-refractivity contribution in [3.05, 3.63) is 111 Å². The SMILES string of the molecule is CC=C(C)C(=O)OC1(C)Cc2ccccc2C(c2ccc(N)nc2)C12Cc1cc3cc(CC(CO)CCCO)c(=O)oc3cc1O2. The number of nitrogens with two attached hydrogens (primary N) is 1. The van der Waals surface area contributed by atoms with Crippen LogP contribution in [0.3, 0.4) is 0 Å². The van der Waals surface area contributed by atoms with Crippen LogP contribution >= 0.6 is 0 Å². The maximum Gasteiger partial charge on any atom is 0.339 e. The summed E-state index contributed by atoms with van der Waals surface area (Å²) in [4.78, 5) is 30.9. The van der Waals surface area contributed by atoms with Gasteiger partial charge in [0.2, 0.25) is 0 Å². The molecule has 0 saturated heterocycles. The first-order valence-electron chi connectivity index (χ1n) is 15.8. The third-order valence-electron chi connectivity index (χ3n) is 9.74. The number of carbonyl (C=O) groups excluding carboxylic acids is 1. The Kier molecular flexibility index (Phi) is 8.48. The van der Waals surface area contributed by atoms with E-state index in [2.05, 4.69) is 17.1 Å². The first-order valence-corrected chi connectivity index (χ1v) is 15.8. The van der Waals surface area contributed by atoms with Gasteiger partial charge in [-0.3, -0.25) is 0 Å². The number of nitrogen functional groups attached to an aromatic ring is 1. The lowest BCUT2D eigenvalue weighted by molar-refractivity contribution is -0.184. The van der Waals surface area contributed by atoms with Crippen molar-refractivity contribution in [1.82, 2.24) is 4.98 Å². The molecule has 4 atom stereocenters. The Hall–Kier alpha value is -4.47. The van der Waals surface area contributed by atoms with Crippen molar-refractivity contribution >= 4 is 22.8 Å². The highest BCUT2D eigenvalue weighted by atomic mass is 16.6. The van der Waals surface area contributed by atoms with Crippen LogP contribution in [0.4, 0.5) is 5.82 Å². The van der Waals surface area contributed by atoms with Gasteiger partial charge in [0.15, 0.2) is 11.2 Å². The van der Waals surface area contributed by atoms with E-state index in [4.69, 9.17) is 19.6 Å². The van der Waals surface area contributed by atoms with E-state index in [0.29, 0.717) is 60.4 Å². The highest BCUT2D eigenvalue weighted by Crippen LogP contribution is 2.57. The summed E-state index contributed by atoms with van der Waals surface area (Å²) >= 11 is 0. The van der Waals surface area contributed by atoms with E-state index in [-0.39, 0.29) is 25.0 Å². The van der Waals surface area contributed by atoms with Crippen LogP contribution in [-0.2, 0) is 28.8 Å². The fourth-order valence-electron chi connectivity index (χ4n) is 7.14. The lowest BCUT2D eigenvalue weighted by Gasteiger charge is -2.52. The normalized spacial score (nSPS) is 22.7. The summed E-state index contributed by atoms with van der Waals surface area (Å²) in [6, 6.07) is 17.4. The van der Waals surface area contributed by atoms with E-state index < -0.39 is 22.8 Å². The molecule has 2 aliphatic rings. The molecule has 2 aromatic heterocycles. The van der Waals surface area contributed by atoms with E-state index in [1.807, 2.05) is 37.3 Å². The number of benzene rings is 2. The zero-order valence-corrected chi connectivity index (χ0v) is 26.4. The smallest absolute Gasteiger partial charge is 0.339 e. The number of allylic oxidation sites excluding steroid dienone is 1. The van der Waals surface area contributed by atoms with Crippen molar-refractivity contribution < 1.29 is 28.9 Å². The Bertz CT molecular complexity index is 1860. The monoisotopic (exact) mass is 624 g/mol. The molecule has 1 aliphatic carbocycles. The predicted molar refractivity (Wildman–Crippen MR) is 175 cm³/mol. The topological polar surface area (TPSA) is 145 Å². The Morgan fingerprint density at radius 1 is 1.15 bits per heavy atom. The molecule has 4 N–H and O–H groups in total. The minimum Gasteiger partial charge on any atom is -0.481 e. The Morgan fingerprint density at radius 3 is 2.67 bits per heavy atom. The number of nitrogens with zero attached hydrogens (tertiary/aromatic N) is 1. The van der Waals surface area contributed by atoms with Crippen molar-refractivity contribution in [1.29, 1.82) is 0 Å². The van der Waals surface area contributed by atoms with Gasteiger partial charge in [0, 0.05) is 54.8 Å². The van der Waals surface area contributed by atoms with Crippen LogP contribution in [0.1, 0.15) is 67.3 Å². The molecule has 3 heterocycles. The lowest BCUT2D eigenvalue weighted by atomic mass is 9.60. The van der Waals surface area contributed by atoms with Gasteiger partial charge in [0.25, 0.3) is 0 Å². The van der Waals surface area contributed by atoms with E-state index >= 15 is 0 Å². The van der Waals surface area contributed by atoms with Gasteiger partial charge in [-0.15, -0.1) is 0 Å². The molecule has 6 rings (SSSR count). The molecule has 1 spiro atoms. The predicted octanol–water partition coefficient (Wildman–Crippen LogP) is 5.02. The molecular formula is C37H40N2O7. The second-order valence-electron chi connectivity index (χ2n) is 12.8. The maximum absolute atomic E-state index is 13.4. The molecule has 1 aliphatic heterocycles. The second kappa shape index (κ2) is 12.4. The molecule has 2 aromatic carbocycles. The fraction of sp³-hybridized carbons (Fsp3) is 0.378. The van der Waals surface area contributed by atoms with E-state index in [1.165, 1.54) is 0 Å². The number of aliphatic hydroxyl groups is 2. The van der Waals surface area contributed by atoms with Crippen molar-refractivity contribution in [3.8, 4) is 5.75 Å². The molecule has 0 bridgehead atoms. The van der Waals surface area contributed by atoms with Gasteiger partial charge in [-0.25, -0.2) is 14.6 Å². The molecule has 0 saturated carbocycles. The van der Waals surface area contributed by atoms with E-state index in [1.54, 1.807) is 38.3 Å². The minimum absolute atomic E-state index is 0.0249. The minimum atomic E-state index is -1.12. The first kappa shape index (κ1) is 31.5. The van der Waals surface area contributed by atoms with Crippen molar-refractivity contribution in [2.24, 2.45) is 5.92 Å². The number of hydrogen-bond acceptors (Lipinski definition) is 9. The van der Waals surface area contributed by atoms with Crippen LogP contribution in [0, 0.1) is 5.92 Å². The summed E-state index contributed by atoms with van der Waals surface area (Å²) in [6.07, 6.45) is 5.80. The van der Waals surface area contributed by atoms with Crippen molar-refractivity contribution in [3.63, 3.8) is 0 Å². The molecule has 0 radical (unpaired) electrons. The molecule has 9 heteroatoms. The molecular weight excluding hydrogens is 584 g/mol. The number of esters is 1. The average Bonchev–Trinajstić information content (AvgIpc) is 3.42. The standard InChI is InChI=1S/C37H40N2O7/c1-4-22(2)34(42)46-36(3)18-24-9-5-6-10-29(24)33(25-11-12-32(38)39-20-25)37(36)19-28-16-26-15-27(14-23(21-41)8-7-13-40)35(43)44-30(26)17-31(28)45-37/h4-6,9-12,15-17,20,23,33,40-41H,7-8,13-14,18-19,21H2,1-3H3,(H2,38,39). The van der Waals surface area contributed by atoms with Crippen LogP contribution < -0.4 is 16.1 Å². The fourth-order valence-corrected chi connectivity index (χ4v) is 7.14. The number of aromatic nitrogens is 1. The van der Waals surface area contributed by atoms with Gasteiger partial charge < -0.3 is 29.8 Å². The highest BCUT2D eigenvalue weighted by molar-refractivity contribution is 5.88. The first-order chi connectivity index (χ1) is 22.1. The average molecular weight is 625 g/mol. The van der Waals surface area contributed by atoms with Crippen LogP contribution in [0.15, 0.2) is 81.7 Å². The Labute approximate surface area is 267 Å². The molecule has 9 nitrogen and oxygen atoms in total. The van der Waals surface area contributed by atoms with Gasteiger partial charge in [-0.2, -0.15) is 0 Å². The molecule has 4 unspecified atom stereocenters. The number of anilines is 1. The number of pyridine rings is 1. The molecule has 4 aromatic rings. The summed E-state index contributed by atoms with van der Waals surface area (Å²) in [7, 11) is 0. The van der Waals surface area contributed by atoms with Gasteiger partial charge in [0.1, 0.15) is 17.2 Å². The largest absolute Gasteiger partial charge is 0.481 e. The zero-order valence-electron chi connectivity index (χ0n) is 26.4. The van der Waals surface area contributed by atoms with Crippen molar-refractivity contribution in [2.75, 3.05) is 18.9 Å². The number of aliphatic hydroxyl groups excluding tert-OH is 2. The highest BCUT2D eigenvalue weighted by Gasteiger charge is 2.64. The summed E-state index contributed by atoms with van der Waals surface area (Å²) in [5.74, 6) is -0.0204. The Balaban J connectivity index is 1.50. The van der Waals surface area contributed by atoms with E-state index in [0.717, 1.165) is 27.6 Å². The lowest BCUT2D eigenvalue weighted by Crippen LogP contribution is -2.65. The quantitative estimate of drug-likeness (QED) is 0.133. The molecule has 0 fully saturated rings. The van der Waals surface area contributed by atoms with Gasteiger partial charge in [0.05, 0.1) is 5.92 Å². The number of rotatable bonds is 9.